The van der Waals surface area contributed by atoms with Gasteiger partial charge in [0.15, 0.2) is 6.10 Å². The molecule has 1 aliphatic rings. The third-order valence-electron chi connectivity index (χ3n) is 4.33. The summed E-state index contributed by atoms with van der Waals surface area (Å²) in [5, 5.41) is 11.4. The largest absolute Gasteiger partial charge is 0.449 e. The summed E-state index contributed by atoms with van der Waals surface area (Å²) in [7, 11) is 0. The van der Waals surface area contributed by atoms with Gasteiger partial charge >= 0.3 is 5.97 Å². The lowest BCUT2D eigenvalue weighted by molar-refractivity contribution is -0.124. The maximum Gasteiger partial charge on any atom is 0.338 e. The second-order valence-corrected chi connectivity index (χ2v) is 6.40. The quantitative estimate of drug-likeness (QED) is 0.618. The molecule has 0 aliphatic carbocycles. The molecule has 0 bridgehead atoms. The Bertz CT molecular complexity index is 1010. The Hall–Kier alpha value is -3.99. The fraction of sp³-hybridized carbons (Fsp3) is 0.190. The van der Waals surface area contributed by atoms with E-state index in [9.17, 15) is 19.2 Å². The number of ether oxygens (including phenoxy) is 1. The Labute approximate surface area is 166 Å². The monoisotopic (exact) mass is 391 g/mol. The SMILES string of the molecule is C[C@@H](OC(=O)c1cccc(N2C(=O)CCC2=O)c1)C(=O)Nc1ccc(C#N)cc1. The number of nitriles is 1. The second kappa shape index (κ2) is 8.35. The summed E-state index contributed by atoms with van der Waals surface area (Å²) in [5.41, 5.74) is 1.33. The smallest absolute Gasteiger partial charge is 0.338 e. The normalized spacial score (nSPS) is 14.3. The molecule has 0 aromatic heterocycles. The molecule has 1 atom stereocenters. The molecule has 1 heterocycles. The van der Waals surface area contributed by atoms with Crippen LogP contribution < -0.4 is 10.2 Å². The van der Waals surface area contributed by atoms with Crippen molar-refractivity contribution >= 4 is 35.1 Å². The number of carbonyl (C=O) groups excluding carboxylic acids is 4. The van der Waals surface area contributed by atoms with Gasteiger partial charge in [0.25, 0.3) is 5.91 Å². The topological polar surface area (TPSA) is 117 Å². The molecule has 146 valence electrons. The van der Waals surface area contributed by atoms with Gasteiger partial charge in [0.05, 0.1) is 22.9 Å². The van der Waals surface area contributed by atoms with Crippen molar-refractivity contribution in [3.05, 3.63) is 59.7 Å². The number of hydrogen-bond acceptors (Lipinski definition) is 6. The highest BCUT2D eigenvalue weighted by Gasteiger charge is 2.30. The van der Waals surface area contributed by atoms with E-state index in [-0.39, 0.29) is 30.2 Å². The van der Waals surface area contributed by atoms with Crippen molar-refractivity contribution in [2.75, 3.05) is 10.2 Å². The minimum Gasteiger partial charge on any atom is -0.449 e. The van der Waals surface area contributed by atoms with Gasteiger partial charge in [-0.25, -0.2) is 4.79 Å². The molecule has 2 aromatic rings. The van der Waals surface area contributed by atoms with Crippen LogP contribution in [0.1, 0.15) is 35.7 Å². The molecule has 0 spiro atoms. The van der Waals surface area contributed by atoms with E-state index in [1.165, 1.54) is 25.1 Å². The Morgan fingerprint density at radius 3 is 2.38 bits per heavy atom. The molecule has 1 N–H and O–H groups in total. The lowest BCUT2D eigenvalue weighted by Crippen LogP contribution is -2.30. The van der Waals surface area contributed by atoms with E-state index >= 15 is 0 Å². The van der Waals surface area contributed by atoms with Crippen molar-refractivity contribution in [2.24, 2.45) is 0 Å². The summed E-state index contributed by atoms with van der Waals surface area (Å²) >= 11 is 0. The molecule has 3 rings (SSSR count). The first-order valence-corrected chi connectivity index (χ1v) is 8.87. The first-order valence-electron chi connectivity index (χ1n) is 8.87. The van der Waals surface area contributed by atoms with E-state index in [0.29, 0.717) is 16.9 Å². The van der Waals surface area contributed by atoms with E-state index in [1.54, 1.807) is 30.3 Å². The number of esters is 1. The first-order chi connectivity index (χ1) is 13.9. The van der Waals surface area contributed by atoms with Crippen LogP contribution in [0.2, 0.25) is 0 Å². The lowest BCUT2D eigenvalue weighted by atomic mass is 10.2. The highest BCUT2D eigenvalue weighted by molar-refractivity contribution is 6.20. The predicted molar refractivity (Wildman–Crippen MR) is 103 cm³/mol. The predicted octanol–water partition coefficient (Wildman–Crippen LogP) is 2.40. The van der Waals surface area contributed by atoms with Crippen molar-refractivity contribution in [1.29, 1.82) is 5.26 Å². The standard InChI is InChI=1S/C21H17N3O5/c1-13(20(27)23-16-7-5-14(12-22)6-8-16)29-21(28)15-3-2-4-17(11-15)24-18(25)9-10-19(24)26/h2-8,11,13H,9-10H2,1H3,(H,23,27)/t13-/m1/s1. The van der Waals surface area contributed by atoms with Crippen molar-refractivity contribution < 1.29 is 23.9 Å². The van der Waals surface area contributed by atoms with Gasteiger partial charge < -0.3 is 10.1 Å². The first kappa shape index (κ1) is 19.8. The van der Waals surface area contributed by atoms with Crippen LogP contribution in [0.5, 0.6) is 0 Å². The molecular weight excluding hydrogens is 374 g/mol. The number of hydrogen-bond donors (Lipinski definition) is 1. The zero-order valence-electron chi connectivity index (χ0n) is 15.5. The molecule has 0 unspecified atom stereocenters. The summed E-state index contributed by atoms with van der Waals surface area (Å²) in [6, 6.07) is 14.2. The Balaban J connectivity index is 1.65. The Morgan fingerprint density at radius 2 is 1.76 bits per heavy atom. The van der Waals surface area contributed by atoms with E-state index < -0.39 is 18.0 Å². The lowest BCUT2D eigenvalue weighted by Gasteiger charge is -2.16. The maximum atomic E-state index is 12.4. The van der Waals surface area contributed by atoms with Crippen LogP contribution in [0.15, 0.2) is 48.5 Å². The van der Waals surface area contributed by atoms with E-state index in [0.717, 1.165) is 4.90 Å². The Kier molecular flexibility index (Phi) is 5.69. The second-order valence-electron chi connectivity index (χ2n) is 6.40. The summed E-state index contributed by atoms with van der Waals surface area (Å²) in [4.78, 5) is 49.4. The fourth-order valence-electron chi connectivity index (χ4n) is 2.79. The van der Waals surface area contributed by atoms with Crippen molar-refractivity contribution in [3.8, 4) is 6.07 Å². The van der Waals surface area contributed by atoms with E-state index in [4.69, 9.17) is 10.00 Å². The van der Waals surface area contributed by atoms with Crippen LogP contribution in [0.3, 0.4) is 0 Å². The number of rotatable bonds is 5. The number of anilines is 2. The third kappa shape index (κ3) is 4.47. The van der Waals surface area contributed by atoms with Crippen LogP contribution in [0.25, 0.3) is 0 Å². The van der Waals surface area contributed by atoms with E-state index in [1.807, 2.05) is 6.07 Å². The summed E-state index contributed by atoms with van der Waals surface area (Å²) in [5.74, 6) is -1.94. The minimum atomic E-state index is -1.09. The molecule has 3 amide bonds. The number of imide groups is 1. The molecular formula is C21H17N3O5. The van der Waals surface area contributed by atoms with Gasteiger partial charge in [-0.2, -0.15) is 5.26 Å². The van der Waals surface area contributed by atoms with E-state index in [2.05, 4.69) is 5.32 Å². The fourth-order valence-corrected chi connectivity index (χ4v) is 2.79. The summed E-state index contributed by atoms with van der Waals surface area (Å²) < 4.78 is 5.19. The molecule has 29 heavy (non-hydrogen) atoms. The number of nitrogens with zero attached hydrogens (tertiary/aromatic N) is 2. The van der Waals surface area contributed by atoms with Crippen LogP contribution in [-0.4, -0.2) is 29.8 Å². The van der Waals surface area contributed by atoms with Crippen LogP contribution in [-0.2, 0) is 19.1 Å². The van der Waals surface area contributed by atoms with Crippen molar-refractivity contribution in [1.82, 2.24) is 0 Å². The number of nitrogens with one attached hydrogen (secondary N) is 1. The van der Waals surface area contributed by atoms with Crippen molar-refractivity contribution in [3.63, 3.8) is 0 Å². The molecule has 0 saturated carbocycles. The number of benzene rings is 2. The van der Waals surface area contributed by atoms with Gasteiger partial charge in [-0.15, -0.1) is 0 Å². The highest BCUT2D eigenvalue weighted by Crippen LogP contribution is 2.24. The number of amides is 3. The van der Waals surface area contributed by atoms with Crippen LogP contribution >= 0.6 is 0 Å². The summed E-state index contributed by atoms with van der Waals surface area (Å²) in [6.07, 6.45) is -0.808. The summed E-state index contributed by atoms with van der Waals surface area (Å²) in [6.45, 7) is 1.42. The van der Waals surface area contributed by atoms with Gasteiger partial charge in [0.1, 0.15) is 0 Å². The zero-order valence-corrected chi connectivity index (χ0v) is 15.5. The molecule has 1 fully saturated rings. The van der Waals surface area contributed by atoms with Crippen LogP contribution in [0, 0.1) is 11.3 Å². The molecule has 2 aromatic carbocycles. The maximum absolute atomic E-state index is 12.4. The molecule has 1 saturated heterocycles. The Morgan fingerprint density at radius 1 is 1.10 bits per heavy atom. The van der Waals surface area contributed by atoms with Gasteiger partial charge in [-0.1, -0.05) is 6.07 Å². The van der Waals surface area contributed by atoms with Gasteiger partial charge in [-0.05, 0) is 49.4 Å². The van der Waals surface area contributed by atoms with Crippen molar-refractivity contribution in [2.45, 2.75) is 25.9 Å². The highest BCUT2D eigenvalue weighted by atomic mass is 16.5. The molecule has 8 heteroatoms. The average molecular weight is 391 g/mol. The molecule has 1 aliphatic heterocycles. The minimum absolute atomic E-state index is 0.119. The third-order valence-corrected chi connectivity index (χ3v) is 4.33. The van der Waals surface area contributed by atoms with Crippen LogP contribution in [0.4, 0.5) is 11.4 Å². The molecule has 0 radical (unpaired) electrons. The van der Waals surface area contributed by atoms with Gasteiger partial charge in [0.2, 0.25) is 11.8 Å². The molecule has 8 nitrogen and oxygen atoms in total. The average Bonchev–Trinajstić information content (AvgIpc) is 3.06. The van der Waals surface area contributed by atoms with Gasteiger partial charge in [-0.3, -0.25) is 19.3 Å². The number of carbonyl (C=O) groups is 4. The van der Waals surface area contributed by atoms with Gasteiger partial charge in [0, 0.05) is 18.5 Å². The zero-order chi connectivity index (χ0) is 21.0.